The summed E-state index contributed by atoms with van der Waals surface area (Å²) in [4.78, 5) is 21.2. The Kier molecular flexibility index (Phi) is 5.40. The summed E-state index contributed by atoms with van der Waals surface area (Å²) in [5.74, 6) is 0.599. The van der Waals surface area contributed by atoms with Gasteiger partial charge in [-0.05, 0) is 38.1 Å². The summed E-state index contributed by atoms with van der Waals surface area (Å²) in [7, 11) is 0. The Morgan fingerprint density at radius 1 is 1.24 bits per heavy atom. The fraction of sp³-hybridized carbons (Fsp3) is 0.316. The number of nitrogens with zero attached hydrogens (tertiary/aromatic N) is 3. The van der Waals surface area contributed by atoms with E-state index >= 15 is 0 Å². The number of rotatable bonds is 7. The molecule has 6 nitrogen and oxygen atoms in total. The highest BCUT2D eigenvalue weighted by atomic mass is 16.5. The SMILES string of the molecule is CCOCCn1c(C(C)NC(=O)c2ccccn2)nc2ccccc21. The topological polar surface area (TPSA) is 69.0 Å². The first-order chi connectivity index (χ1) is 12.2. The molecule has 0 aliphatic rings. The molecule has 0 saturated carbocycles. The van der Waals surface area contributed by atoms with E-state index in [0.29, 0.717) is 25.5 Å². The zero-order valence-electron chi connectivity index (χ0n) is 14.5. The number of carbonyl (C=O) groups excluding carboxylic acids is 1. The lowest BCUT2D eigenvalue weighted by molar-refractivity contribution is 0.0932. The second-order valence-electron chi connectivity index (χ2n) is 5.72. The molecule has 0 aliphatic carbocycles. The number of ether oxygens (including phenoxy) is 1. The number of aromatic nitrogens is 3. The van der Waals surface area contributed by atoms with Gasteiger partial charge in [0.15, 0.2) is 0 Å². The molecule has 0 bridgehead atoms. The number of fused-ring (bicyclic) bond motifs is 1. The average Bonchev–Trinajstić information content (AvgIpc) is 3.01. The smallest absolute Gasteiger partial charge is 0.270 e. The van der Waals surface area contributed by atoms with E-state index in [1.807, 2.05) is 38.1 Å². The van der Waals surface area contributed by atoms with Gasteiger partial charge < -0.3 is 14.6 Å². The maximum atomic E-state index is 12.4. The quantitative estimate of drug-likeness (QED) is 0.673. The van der Waals surface area contributed by atoms with Crippen molar-refractivity contribution in [2.45, 2.75) is 26.4 Å². The van der Waals surface area contributed by atoms with Crippen LogP contribution in [0.15, 0.2) is 48.7 Å². The number of pyridine rings is 1. The highest BCUT2D eigenvalue weighted by Crippen LogP contribution is 2.21. The number of hydrogen-bond acceptors (Lipinski definition) is 4. The van der Waals surface area contributed by atoms with E-state index in [9.17, 15) is 4.79 Å². The Labute approximate surface area is 146 Å². The summed E-state index contributed by atoms with van der Waals surface area (Å²) in [5, 5.41) is 2.98. The van der Waals surface area contributed by atoms with Crippen molar-refractivity contribution in [2.24, 2.45) is 0 Å². The van der Waals surface area contributed by atoms with E-state index in [-0.39, 0.29) is 11.9 Å². The van der Waals surface area contributed by atoms with Gasteiger partial charge in [0, 0.05) is 19.3 Å². The second kappa shape index (κ2) is 7.90. The lowest BCUT2D eigenvalue weighted by Gasteiger charge is -2.16. The molecule has 6 heteroatoms. The first-order valence-electron chi connectivity index (χ1n) is 8.45. The van der Waals surface area contributed by atoms with Crippen molar-refractivity contribution in [1.29, 1.82) is 0 Å². The number of para-hydroxylation sites is 2. The molecule has 2 aromatic heterocycles. The molecule has 2 heterocycles. The summed E-state index contributed by atoms with van der Waals surface area (Å²) in [6, 6.07) is 13.0. The van der Waals surface area contributed by atoms with Gasteiger partial charge >= 0.3 is 0 Å². The molecule has 1 aromatic carbocycles. The van der Waals surface area contributed by atoms with Crippen molar-refractivity contribution in [2.75, 3.05) is 13.2 Å². The van der Waals surface area contributed by atoms with Crippen molar-refractivity contribution >= 4 is 16.9 Å². The molecule has 3 rings (SSSR count). The highest BCUT2D eigenvalue weighted by molar-refractivity contribution is 5.92. The van der Waals surface area contributed by atoms with E-state index in [1.165, 1.54) is 0 Å². The van der Waals surface area contributed by atoms with Crippen LogP contribution in [0.5, 0.6) is 0 Å². The van der Waals surface area contributed by atoms with Crippen LogP contribution in [0.25, 0.3) is 11.0 Å². The molecule has 25 heavy (non-hydrogen) atoms. The van der Waals surface area contributed by atoms with Crippen LogP contribution in [-0.2, 0) is 11.3 Å². The van der Waals surface area contributed by atoms with Crippen molar-refractivity contribution < 1.29 is 9.53 Å². The highest BCUT2D eigenvalue weighted by Gasteiger charge is 2.19. The normalized spacial score (nSPS) is 12.2. The van der Waals surface area contributed by atoms with Crippen LogP contribution in [0.1, 0.15) is 36.2 Å². The van der Waals surface area contributed by atoms with E-state index in [0.717, 1.165) is 16.9 Å². The van der Waals surface area contributed by atoms with Gasteiger partial charge in [-0.1, -0.05) is 18.2 Å². The van der Waals surface area contributed by atoms with Gasteiger partial charge in [-0.15, -0.1) is 0 Å². The predicted octanol–water partition coefficient (Wildman–Crippen LogP) is 2.96. The third kappa shape index (κ3) is 3.85. The summed E-state index contributed by atoms with van der Waals surface area (Å²) >= 11 is 0. The molecular formula is C19H22N4O2. The van der Waals surface area contributed by atoms with Crippen molar-refractivity contribution in [1.82, 2.24) is 19.9 Å². The molecule has 0 saturated heterocycles. The monoisotopic (exact) mass is 338 g/mol. The Bertz CT molecular complexity index is 845. The molecule has 0 fully saturated rings. The Morgan fingerprint density at radius 2 is 2.04 bits per heavy atom. The molecule has 0 radical (unpaired) electrons. The summed E-state index contributed by atoms with van der Waals surface area (Å²) < 4.78 is 7.60. The van der Waals surface area contributed by atoms with E-state index in [1.54, 1.807) is 24.4 Å². The lowest BCUT2D eigenvalue weighted by Crippen LogP contribution is -2.29. The minimum atomic E-state index is -0.247. The second-order valence-corrected chi connectivity index (χ2v) is 5.72. The summed E-state index contributed by atoms with van der Waals surface area (Å²) in [6.07, 6.45) is 1.61. The largest absolute Gasteiger partial charge is 0.380 e. The Hall–Kier alpha value is -2.73. The van der Waals surface area contributed by atoms with Crippen molar-refractivity contribution in [3.8, 4) is 0 Å². The number of hydrogen-bond donors (Lipinski definition) is 1. The molecule has 3 aromatic rings. The maximum absolute atomic E-state index is 12.4. The van der Waals surface area contributed by atoms with E-state index < -0.39 is 0 Å². The molecule has 0 aliphatic heterocycles. The molecular weight excluding hydrogens is 316 g/mol. The minimum Gasteiger partial charge on any atom is -0.380 e. The van der Waals surface area contributed by atoms with Gasteiger partial charge in [0.2, 0.25) is 0 Å². The first-order valence-corrected chi connectivity index (χ1v) is 8.45. The van der Waals surface area contributed by atoms with Gasteiger partial charge in [-0.25, -0.2) is 4.98 Å². The van der Waals surface area contributed by atoms with Gasteiger partial charge in [0.1, 0.15) is 11.5 Å². The third-order valence-corrected chi connectivity index (χ3v) is 3.98. The number of imidazole rings is 1. The van der Waals surface area contributed by atoms with Crippen LogP contribution in [-0.4, -0.2) is 33.7 Å². The van der Waals surface area contributed by atoms with Gasteiger partial charge in [-0.2, -0.15) is 0 Å². The van der Waals surface area contributed by atoms with Gasteiger partial charge in [0.05, 0.1) is 23.7 Å². The molecule has 1 atom stereocenters. The van der Waals surface area contributed by atoms with Crippen LogP contribution in [0, 0.1) is 0 Å². The zero-order valence-corrected chi connectivity index (χ0v) is 14.5. The van der Waals surface area contributed by atoms with Gasteiger partial charge in [0.25, 0.3) is 5.91 Å². The molecule has 0 spiro atoms. The Balaban J connectivity index is 1.85. The fourth-order valence-electron chi connectivity index (χ4n) is 2.79. The molecule has 1 amide bonds. The van der Waals surface area contributed by atoms with E-state index in [2.05, 4.69) is 14.9 Å². The standard InChI is InChI=1S/C19H22N4O2/c1-3-25-13-12-23-17-10-5-4-8-15(17)22-18(23)14(2)21-19(24)16-9-6-7-11-20-16/h4-11,14H,3,12-13H2,1-2H3,(H,21,24). The number of nitrogens with one attached hydrogen (secondary N) is 1. The number of carbonyl (C=O) groups is 1. The molecule has 1 N–H and O–H groups in total. The zero-order chi connectivity index (χ0) is 17.6. The predicted molar refractivity (Wildman–Crippen MR) is 96.3 cm³/mol. The minimum absolute atomic E-state index is 0.212. The summed E-state index contributed by atoms with van der Waals surface area (Å²) in [5.41, 5.74) is 2.34. The average molecular weight is 338 g/mol. The first kappa shape index (κ1) is 17.1. The number of amides is 1. The fourth-order valence-corrected chi connectivity index (χ4v) is 2.79. The van der Waals surface area contributed by atoms with Crippen LogP contribution in [0.3, 0.4) is 0 Å². The Morgan fingerprint density at radius 3 is 2.80 bits per heavy atom. The lowest BCUT2D eigenvalue weighted by atomic mass is 10.2. The van der Waals surface area contributed by atoms with Crippen LogP contribution in [0.2, 0.25) is 0 Å². The van der Waals surface area contributed by atoms with Crippen molar-refractivity contribution in [3.05, 3.63) is 60.2 Å². The number of benzene rings is 1. The molecule has 1 unspecified atom stereocenters. The molecule has 130 valence electrons. The van der Waals surface area contributed by atoms with E-state index in [4.69, 9.17) is 9.72 Å². The van der Waals surface area contributed by atoms with Crippen LogP contribution < -0.4 is 5.32 Å². The van der Waals surface area contributed by atoms with Gasteiger partial charge in [-0.3, -0.25) is 9.78 Å². The third-order valence-electron chi connectivity index (χ3n) is 3.98. The summed E-state index contributed by atoms with van der Waals surface area (Å²) in [6.45, 7) is 5.87. The van der Waals surface area contributed by atoms with Crippen molar-refractivity contribution in [3.63, 3.8) is 0 Å². The van der Waals surface area contributed by atoms with Crippen LogP contribution >= 0.6 is 0 Å². The maximum Gasteiger partial charge on any atom is 0.270 e. The van der Waals surface area contributed by atoms with Crippen LogP contribution in [0.4, 0.5) is 0 Å².